The molecule has 1 saturated heterocycles. The highest BCUT2D eigenvalue weighted by molar-refractivity contribution is 5.78. The Hall–Kier alpha value is -2.34. The fourth-order valence-corrected chi connectivity index (χ4v) is 3.89. The summed E-state index contributed by atoms with van der Waals surface area (Å²) in [5, 5.41) is 0. The van der Waals surface area contributed by atoms with Gasteiger partial charge >= 0.3 is 0 Å². The van der Waals surface area contributed by atoms with E-state index >= 15 is 0 Å². The maximum Gasteiger partial charge on any atom is 0.236 e. The predicted octanol–water partition coefficient (Wildman–Crippen LogP) is 2.07. The number of methoxy groups -OCH3 is 1. The summed E-state index contributed by atoms with van der Waals surface area (Å²) in [4.78, 5) is 21.4. The van der Waals surface area contributed by atoms with Crippen molar-refractivity contribution in [3.63, 3.8) is 0 Å². The van der Waals surface area contributed by atoms with Crippen LogP contribution >= 0.6 is 0 Å². The number of hydrogen-bond donors (Lipinski definition) is 0. The highest BCUT2D eigenvalue weighted by Gasteiger charge is 2.32. The summed E-state index contributed by atoms with van der Waals surface area (Å²) in [5.41, 5.74) is 1.12. The monoisotopic (exact) mass is 340 g/mol. The Bertz CT molecular complexity index is 751. The van der Waals surface area contributed by atoms with Gasteiger partial charge in [-0.15, -0.1) is 0 Å². The molecule has 1 amide bonds. The van der Waals surface area contributed by atoms with Crippen LogP contribution in [0.15, 0.2) is 36.7 Å². The van der Waals surface area contributed by atoms with Crippen LogP contribution in [0, 0.1) is 0 Å². The van der Waals surface area contributed by atoms with Crippen molar-refractivity contribution in [1.82, 2.24) is 19.4 Å². The molecule has 0 N–H and O–H groups in total. The lowest BCUT2D eigenvalue weighted by Gasteiger charge is -2.37. The first-order valence-corrected chi connectivity index (χ1v) is 8.91. The first kappa shape index (κ1) is 16.1. The summed E-state index contributed by atoms with van der Waals surface area (Å²) >= 11 is 0. The molecule has 1 atom stereocenters. The average molecular weight is 340 g/mol. The van der Waals surface area contributed by atoms with E-state index in [-0.39, 0.29) is 11.9 Å². The Morgan fingerprint density at radius 3 is 2.88 bits per heavy atom. The van der Waals surface area contributed by atoms with E-state index in [0.29, 0.717) is 13.1 Å². The standard InChI is InChI=1S/C19H24N4O2/c1-25-17-7-3-2-6-15(17)16-12-22-11-8-20-18(22)13-23(16)14-19(24)21-9-4-5-10-21/h2-3,6-8,11,16H,4-5,9-10,12-14H2,1H3/t16-/m0/s1. The summed E-state index contributed by atoms with van der Waals surface area (Å²) < 4.78 is 7.75. The zero-order chi connectivity index (χ0) is 17.2. The Morgan fingerprint density at radius 2 is 2.08 bits per heavy atom. The van der Waals surface area contributed by atoms with Crippen LogP contribution in [0.3, 0.4) is 0 Å². The van der Waals surface area contributed by atoms with E-state index < -0.39 is 0 Å². The van der Waals surface area contributed by atoms with Crippen LogP contribution in [-0.2, 0) is 17.9 Å². The van der Waals surface area contributed by atoms with E-state index in [4.69, 9.17) is 4.74 Å². The predicted molar refractivity (Wildman–Crippen MR) is 94.2 cm³/mol. The van der Waals surface area contributed by atoms with Gasteiger partial charge in [-0.3, -0.25) is 9.69 Å². The Labute approximate surface area is 148 Å². The highest BCUT2D eigenvalue weighted by atomic mass is 16.5. The number of hydrogen-bond acceptors (Lipinski definition) is 4. The Balaban J connectivity index is 1.62. The van der Waals surface area contributed by atoms with Gasteiger partial charge in [-0.2, -0.15) is 0 Å². The zero-order valence-electron chi connectivity index (χ0n) is 14.6. The fourth-order valence-electron chi connectivity index (χ4n) is 3.89. The lowest BCUT2D eigenvalue weighted by molar-refractivity contribution is -0.132. The molecular formula is C19H24N4O2. The van der Waals surface area contributed by atoms with Gasteiger partial charge in [0.05, 0.1) is 26.2 Å². The molecule has 0 saturated carbocycles. The summed E-state index contributed by atoms with van der Waals surface area (Å²) in [5.74, 6) is 2.10. The van der Waals surface area contributed by atoms with Gasteiger partial charge in [0.15, 0.2) is 0 Å². The maximum atomic E-state index is 12.7. The number of fused-ring (bicyclic) bond motifs is 1. The van der Waals surface area contributed by atoms with E-state index in [9.17, 15) is 4.79 Å². The van der Waals surface area contributed by atoms with Crippen LogP contribution in [0.25, 0.3) is 0 Å². The zero-order valence-corrected chi connectivity index (χ0v) is 14.6. The van der Waals surface area contributed by atoms with Crippen molar-refractivity contribution in [3.8, 4) is 5.75 Å². The maximum absolute atomic E-state index is 12.7. The van der Waals surface area contributed by atoms with Gasteiger partial charge < -0.3 is 14.2 Å². The number of carbonyl (C=O) groups excluding carboxylic acids is 1. The number of rotatable bonds is 4. The van der Waals surface area contributed by atoms with Crippen LogP contribution in [0.5, 0.6) is 5.75 Å². The van der Waals surface area contributed by atoms with Gasteiger partial charge in [0.25, 0.3) is 0 Å². The smallest absolute Gasteiger partial charge is 0.236 e. The van der Waals surface area contributed by atoms with E-state index in [1.54, 1.807) is 7.11 Å². The van der Waals surface area contributed by atoms with Gasteiger partial charge in [0.2, 0.25) is 5.91 Å². The van der Waals surface area contributed by atoms with Crippen molar-refractivity contribution in [1.29, 1.82) is 0 Å². The van der Waals surface area contributed by atoms with E-state index in [0.717, 1.165) is 49.6 Å². The second-order valence-corrected chi connectivity index (χ2v) is 6.75. The summed E-state index contributed by atoms with van der Waals surface area (Å²) in [7, 11) is 1.70. The number of ether oxygens (including phenoxy) is 1. The SMILES string of the molecule is COc1ccccc1[C@@H]1Cn2ccnc2CN1CC(=O)N1CCCC1. The molecule has 6 heteroatoms. The number of aromatic nitrogens is 2. The third-order valence-corrected chi connectivity index (χ3v) is 5.25. The molecule has 1 aromatic carbocycles. The number of amides is 1. The normalized spacial score (nSPS) is 20.5. The number of para-hydroxylation sites is 1. The van der Waals surface area contributed by atoms with Crippen molar-refractivity contribution >= 4 is 5.91 Å². The van der Waals surface area contributed by atoms with Gasteiger partial charge in [-0.25, -0.2) is 4.98 Å². The second-order valence-electron chi connectivity index (χ2n) is 6.75. The molecule has 1 fully saturated rings. The van der Waals surface area contributed by atoms with Crippen molar-refractivity contribution < 1.29 is 9.53 Å². The van der Waals surface area contributed by atoms with E-state index in [1.165, 1.54) is 0 Å². The number of benzene rings is 1. The molecule has 0 radical (unpaired) electrons. The average Bonchev–Trinajstić information content (AvgIpc) is 3.32. The molecule has 0 bridgehead atoms. The first-order chi connectivity index (χ1) is 12.3. The molecular weight excluding hydrogens is 316 g/mol. The van der Waals surface area contributed by atoms with Crippen LogP contribution in [-0.4, -0.2) is 52.0 Å². The van der Waals surface area contributed by atoms with Gasteiger partial charge in [0, 0.05) is 37.6 Å². The minimum atomic E-state index is 0.101. The second kappa shape index (κ2) is 6.88. The summed E-state index contributed by atoms with van der Waals surface area (Å²) in [6.07, 6.45) is 6.08. The molecule has 6 nitrogen and oxygen atoms in total. The minimum absolute atomic E-state index is 0.101. The number of nitrogens with zero attached hydrogens (tertiary/aromatic N) is 4. The molecule has 0 unspecified atom stereocenters. The van der Waals surface area contributed by atoms with Crippen LogP contribution in [0.4, 0.5) is 0 Å². The van der Waals surface area contributed by atoms with Crippen molar-refractivity contribution in [2.24, 2.45) is 0 Å². The fraction of sp³-hybridized carbons (Fsp3) is 0.474. The van der Waals surface area contributed by atoms with Crippen molar-refractivity contribution in [2.45, 2.75) is 32.0 Å². The van der Waals surface area contributed by atoms with Crippen molar-refractivity contribution in [2.75, 3.05) is 26.7 Å². The van der Waals surface area contributed by atoms with E-state index in [2.05, 4.69) is 20.5 Å². The molecule has 2 aliphatic rings. The highest BCUT2D eigenvalue weighted by Crippen LogP contribution is 2.34. The molecule has 132 valence electrons. The molecule has 25 heavy (non-hydrogen) atoms. The topological polar surface area (TPSA) is 50.6 Å². The summed E-state index contributed by atoms with van der Waals surface area (Å²) in [6.45, 7) is 3.66. The summed E-state index contributed by atoms with van der Waals surface area (Å²) in [6, 6.07) is 8.19. The molecule has 3 heterocycles. The molecule has 2 aliphatic heterocycles. The Morgan fingerprint density at radius 1 is 1.28 bits per heavy atom. The van der Waals surface area contributed by atoms with E-state index in [1.807, 2.05) is 35.5 Å². The molecule has 1 aromatic heterocycles. The number of likely N-dealkylation sites (tertiary alicyclic amines) is 1. The third-order valence-electron chi connectivity index (χ3n) is 5.25. The Kier molecular flexibility index (Phi) is 4.44. The number of imidazole rings is 1. The largest absolute Gasteiger partial charge is 0.496 e. The van der Waals surface area contributed by atoms with Gasteiger partial charge in [-0.05, 0) is 18.9 Å². The van der Waals surface area contributed by atoms with Gasteiger partial charge in [-0.1, -0.05) is 18.2 Å². The van der Waals surface area contributed by atoms with Crippen LogP contribution < -0.4 is 4.74 Å². The molecule has 2 aromatic rings. The lowest BCUT2D eigenvalue weighted by atomic mass is 10.0. The van der Waals surface area contributed by atoms with Crippen molar-refractivity contribution in [3.05, 3.63) is 48.0 Å². The number of carbonyl (C=O) groups is 1. The first-order valence-electron chi connectivity index (χ1n) is 8.91. The lowest BCUT2D eigenvalue weighted by Crippen LogP contribution is -2.44. The van der Waals surface area contributed by atoms with Gasteiger partial charge in [0.1, 0.15) is 11.6 Å². The van der Waals surface area contributed by atoms with Crippen LogP contribution in [0.1, 0.15) is 30.3 Å². The quantitative estimate of drug-likeness (QED) is 0.855. The molecule has 4 rings (SSSR count). The molecule has 0 aliphatic carbocycles. The minimum Gasteiger partial charge on any atom is -0.496 e. The third kappa shape index (κ3) is 3.14. The van der Waals surface area contributed by atoms with Crippen LogP contribution in [0.2, 0.25) is 0 Å². The molecule has 0 spiro atoms.